The van der Waals surface area contributed by atoms with E-state index in [0.29, 0.717) is 32.2 Å². The number of aromatic nitrogens is 2. The van der Waals surface area contributed by atoms with Crippen molar-refractivity contribution in [2.45, 2.75) is 45.7 Å². The van der Waals surface area contributed by atoms with E-state index in [4.69, 9.17) is 21.4 Å². The Bertz CT molecular complexity index is 1310. The van der Waals surface area contributed by atoms with Crippen LogP contribution in [0.5, 0.6) is 0 Å². The minimum Gasteiger partial charge on any atom is -0.383 e. The molecule has 3 aliphatic rings. The van der Waals surface area contributed by atoms with Crippen LogP contribution in [-0.4, -0.2) is 60.5 Å². The van der Waals surface area contributed by atoms with Crippen molar-refractivity contribution in [1.82, 2.24) is 25.4 Å². The van der Waals surface area contributed by atoms with Crippen LogP contribution in [0.1, 0.15) is 47.8 Å². The van der Waals surface area contributed by atoms with E-state index in [0.717, 1.165) is 76.7 Å². The number of halogens is 1. The number of hydrazine groups is 1. The second-order valence-electron chi connectivity index (χ2n) is 10.6. The van der Waals surface area contributed by atoms with Crippen LogP contribution in [0, 0.1) is 19.8 Å². The Morgan fingerprint density at radius 1 is 1.31 bits per heavy atom. The first-order valence-electron chi connectivity index (χ1n) is 13.8. The van der Waals surface area contributed by atoms with Crippen LogP contribution in [0.2, 0.25) is 5.02 Å². The van der Waals surface area contributed by atoms with Gasteiger partial charge < -0.3 is 20.4 Å². The lowest BCUT2D eigenvalue weighted by Gasteiger charge is -2.32. The van der Waals surface area contributed by atoms with E-state index >= 15 is 0 Å². The van der Waals surface area contributed by atoms with Gasteiger partial charge in [0.1, 0.15) is 5.69 Å². The van der Waals surface area contributed by atoms with Crippen LogP contribution in [0.3, 0.4) is 0 Å². The van der Waals surface area contributed by atoms with Crippen LogP contribution in [-0.2, 0) is 16.1 Å². The molecule has 1 amide bonds. The highest BCUT2D eigenvalue weighted by Gasteiger charge is 2.31. The van der Waals surface area contributed by atoms with E-state index in [1.165, 1.54) is 11.6 Å². The second kappa shape index (κ2) is 12.1. The lowest BCUT2D eigenvalue weighted by Crippen LogP contribution is -2.38. The van der Waals surface area contributed by atoms with E-state index in [2.05, 4.69) is 65.6 Å². The van der Waals surface area contributed by atoms with Gasteiger partial charge in [0.15, 0.2) is 0 Å². The third kappa shape index (κ3) is 5.57. The molecule has 39 heavy (non-hydrogen) atoms. The fraction of sp³-hybridized carbons (Fsp3) is 0.467. The average molecular weight is 551 g/mol. The lowest BCUT2D eigenvalue weighted by molar-refractivity contribution is -0.127. The van der Waals surface area contributed by atoms with Crippen LogP contribution < -0.4 is 16.2 Å². The number of ether oxygens (including phenoxy) is 1. The molecule has 0 saturated carbocycles. The fourth-order valence-electron chi connectivity index (χ4n) is 5.90. The highest BCUT2D eigenvalue weighted by molar-refractivity contribution is 6.34. The van der Waals surface area contributed by atoms with Gasteiger partial charge in [-0.15, -0.1) is 0 Å². The molecule has 3 heterocycles. The van der Waals surface area contributed by atoms with Gasteiger partial charge in [-0.05, 0) is 62.3 Å². The van der Waals surface area contributed by atoms with Crippen molar-refractivity contribution in [3.8, 4) is 11.1 Å². The number of benzene rings is 1. The zero-order valence-corrected chi connectivity index (χ0v) is 23.9. The third-order valence-corrected chi connectivity index (χ3v) is 8.58. The zero-order valence-electron chi connectivity index (χ0n) is 23.1. The molecule has 1 aliphatic carbocycles. The van der Waals surface area contributed by atoms with Gasteiger partial charge in [-0.1, -0.05) is 36.4 Å². The Kier molecular flexibility index (Phi) is 8.57. The van der Waals surface area contributed by atoms with Crippen LogP contribution in [0.4, 0.5) is 5.69 Å². The quantitative estimate of drug-likeness (QED) is 0.307. The van der Waals surface area contributed by atoms with Gasteiger partial charge in [0.2, 0.25) is 5.91 Å². The van der Waals surface area contributed by atoms with Crippen molar-refractivity contribution in [3.05, 3.63) is 64.5 Å². The topological polar surface area (TPSA) is 83.5 Å². The van der Waals surface area contributed by atoms with Crippen molar-refractivity contribution >= 4 is 28.8 Å². The monoisotopic (exact) mass is 550 g/mol. The Hall–Kier alpha value is -2.91. The highest BCUT2D eigenvalue weighted by Crippen LogP contribution is 2.45. The second-order valence-corrected chi connectivity index (χ2v) is 11.0. The number of rotatable bonds is 9. The van der Waals surface area contributed by atoms with Gasteiger partial charge in [-0.2, -0.15) is 5.10 Å². The maximum Gasteiger partial charge on any atom is 0.245 e. The Morgan fingerprint density at radius 3 is 2.79 bits per heavy atom. The van der Waals surface area contributed by atoms with Crippen molar-refractivity contribution in [3.63, 3.8) is 0 Å². The lowest BCUT2D eigenvalue weighted by atomic mass is 9.89. The molecule has 1 aromatic carbocycles. The van der Waals surface area contributed by atoms with Crippen molar-refractivity contribution in [2.75, 3.05) is 45.3 Å². The smallest absolute Gasteiger partial charge is 0.245 e. The van der Waals surface area contributed by atoms with E-state index in [9.17, 15) is 4.79 Å². The average Bonchev–Trinajstić information content (AvgIpc) is 3.56. The molecule has 3 N–H and O–H groups in total. The first-order valence-corrected chi connectivity index (χ1v) is 14.2. The Balaban J connectivity index is 1.51. The van der Waals surface area contributed by atoms with E-state index in [-0.39, 0.29) is 11.9 Å². The SMILES string of the molecule is C=CC(=O)N1CCC(n2nc(C3=CCC(CNCCOC)C=C3)c(-c3c(Cl)c(C)cc4c3CNN4)c2C)CC1. The molecule has 8 nitrogen and oxygen atoms in total. The summed E-state index contributed by atoms with van der Waals surface area (Å²) in [7, 11) is 1.72. The third-order valence-electron chi connectivity index (χ3n) is 8.09. The number of anilines is 1. The molecule has 2 aliphatic heterocycles. The number of fused-ring (bicyclic) bond motifs is 1. The van der Waals surface area contributed by atoms with Crippen LogP contribution >= 0.6 is 11.6 Å². The van der Waals surface area contributed by atoms with Gasteiger partial charge in [0.25, 0.3) is 0 Å². The molecule has 1 atom stereocenters. The predicted molar refractivity (Wildman–Crippen MR) is 158 cm³/mol. The summed E-state index contributed by atoms with van der Waals surface area (Å²) in [6.07, 6.45) is 10.9. The molecule has 1 fully saturated rings. The molecule has 2 aromatic rings. The van der Waals surface area contributed by atoms with Gasteiger partial charge in [0, 0.05) is 62.2 Å². The first kappa shape index (κ1) is 27.6. The van der Waals surface area contributed by atoms with Crippen LogP contribution in [0.25, 0.3) is 16.7 Å². The molecular formula is C30H39ClN6O2. The van der Waals surface area contributed by atoms with Crippen molar-refractivity contribution < 1.29 is 9.53 Å². The molecule has 9 heteroatoms. The number of hydrogen-bond acceptors (Lipinski definition) is 6. The number of likely N-dealkylation sites (tertiary alicyclic amines) is 1. The summed E-state index contributed by atoms with van der Waals surface area (Å²) in [6.45, 7) is 12.4. The number of methoxy groups -OCH3 is 1. The van der Waals surface area contributed by atoms with Crippen molar-refractivity contribution in [1.29, 1.82) is 0 Å². The number of allylic oxidation sites excluding steroid dienone is 3. The fourth-order valence-corrected chi connectivity index (χ4v) is 6.17. The number of nitrogens with one attached hydrogen (secondary N) is 3. The molecule has 1 saturated heterocycles. The molecular weight excluding hydrogens is 512 g/mol. The molecule has 5 rings (SSSR count). The maximum atomic E-state index is 12.2. The minimum atomic E-state index is -0.00196. The number of aryl methyl sites for hydroxylation is 1. The molecule has 0 bridgehead atoms. The maximum absolute atomic E-state index is 12.2. The van der Waals surface area contributed by atoms with Crippen LogP contribution in [0.15, 0.2) is 36.9 Å². The molecule has 208 valence electrons. The Morgan fingerprint density at radius 2 is 2.10 bits per heavy atom. The van der Waals surface area contributed by atoms with Crippen molar-refractivity contribution in [2.24, 2.45) is 5.92 Å². The number of nitrogens with zero attached hydrogens (tertiary/aromatic N) is 3. The summed E-state index contributed by atoms with van der Waals surface area (Å²) in [6, 6.07) is 2.32. The number of amides is 1. The zero-order chi connectivity index (χ0) is 27.5. The van der Waals surface area contributed by atoms with E-state index < -0.39 is 0 Å². The standard InChI is InChI=1S/C30H39ClN6O2/c1-5-26(38)36-13-10-23(11-14-36)37-20(3)27(28-24-18-33-34-25(24)16-19(2)29(28)31)30(35-37)22-8-6-21(7-9-22)17-32-12-15-39-4/h5-6,8-9,16,21,23,32-34H,1,7,10-15,17-18H2,2-4H3. The molecule has 1 aromatic heterocycles. The number of carbonyl (C=O) groups excluding carboxylic acids is 1. The predicted octanol–water partition coefficient (Wildman–Crippen LogP) is 4.80. The van der Waals surface area contributed by atoms with Gasteiger partial charge >= 0.3 is 0 Å². The van der Waals surface area contributed by atoms with E-state index in [1.54, 1.807) is 7.11 Å². The van der Waals surface area contributed by atoms with Gasteiger partial charge in [-0.3, -0.25) is 9.48 Å². The minimum absolute atomic E-state index is 0.00196. The highest BCUT2D eigenvalue weighted by atomic mass is 35.5. The Labute approximate surface area is 236 Å². The normalized spacial score (nSPS) is 19.1. The summed E-state index contributed by atoms with van der Waals surface area (Å²) in [5.41, 5.74) is 15.2. The number of hydrogen-bond donors (Lipinski definition) is 3. The first-order chi connectivity index (χ1) is 18.9. The summed E-state index contributed by atoms with van der Waals surface area (Å²) in [4.78, 5) is 14.0. The molecule has 0 radical (unpaired) electrons. The largest absolute Gasteiger partial charge is 0.383 e. The number of carbonyl (C=O) groups is 1. The summed E-state index contributed by atoms with van der Waals surface area (Å²) < 4.78 is 7.34. The molecule has 0 spiro atoms. The summed E-state index contributed by atoms with van der Waals surface area (Å²) in [5.74, 6) is 0.432. The summed E-state index contributed by atoms with van der Waals surface area (Å²) in [5, 5.41) is 9.52. The van der Waals surface area contributed by atoms with Gasteiger partial charge in [0.05, 0.1) is 23.4 Å². The van der Waals surface area contributed by atoms with Gasteiger partial charge in [-0.25, -0.2) is 5.43 Å². The summed E-state index contributed by atoms with van der Waals surface area (Å²) >= 11 is 7.06. The molecule has 1 unspecified atom stereocenters. The number of piperidine rings is 1. The van der Waals surface area contributed by atoms with E-state index in [1.807, 2.05) is 4.90 Å².